The van der Waals surface area contributed by atoms with Crippen LogP contribution < -0.4 is 4.72 Å². The van der Waals surface area contributed by atoms with E-state index < -0.39 is 16.1 Å². The van der Waals surface area contributed by atoms with Gasteiger partial charge in [-0.1, -0.05) is 35.9 Å². The van der Waals surface area contributed by atoms with Crippen LogP contribution >= 0.6 is 11.6 Å². The maximum atomic E-state index is 13.3. The minimum atomic E-state index is -3.95. The standard InChI is InChI=1S/C28H35ClN4O4S/c29-23-9-3-7-21(17-23)22-8-4-11-25(18-22)38(36,37)30-26-12-6-15-32(28(26)35)20-27(34)33-16-5-10-24(33)19-31-13-1-2-14-31/h3-4,7-9,11,17-18,24,26,30H,1-2,5-6,10,12-16,19-20H2. The van der Waals surface area contributed by atoms with E-state index in [0.29, 0.717) is 30.0 Å². The number of likely N-dealkylation sites (tertiary alicyclic amines) is 3. The second kappa shape index (κ2) is 11.7. The van der Waals surface area contributed by atoms with E-state index in [1.165, 1.54) is 23.8 Å². The molecule has 204 valence electrons. The molecule has 3 aliphatic heterocycles. The van der Waals surface area contributed by atoms with Crippen molar-refractivity contribution in [2.45, 2.75) is 55.5 Å². The summed E-state index contributed by atoms with van der Waals surface area (Å²) >= 11 is 6.10. The van der Waals surface area contributed by atoms with Gasteiger partial charge in [0.1, 0.15) is 6.04 Å². The molecule has 0 radical (unpaired) electrons. The van der Waals surface area contributed by atoms with Gasteiger partial charge in [0.25, 0.3) is 0 Å². The van der Waals surface area contributed by atoms with Crippen LogP contribution in [0.5, 0.6) is 0 Å². The molecule has 10 heteroatoms. The lowest BCUT2D eigenvalue weighted by Crippen LogP contribution is -2.55. The summed E-state index contributed by atoms with van der Waals surface area (Å²) in [5.41, 5.74) is 1.52. The van der Waals surface area contributed by atoms with Crippen LogP contribution in [0.25, 0.3) is 11.1 Å². The van der Waals surface area contributed by atoms with E-state index >= 15 is 0 Å². The zero-order valence-electron chi connectivity index (χ0n) is 21.5. The van der Waals surface area contributed by atoms with E-state index in [-0.39, 0.29) is 29.3 Å². The predicted molar refractivity (Wildman–Crippen MR) is 147 cm³/mol. The summed E-state index contributed by atoms with van der Waals surface area (Å²) in [7, 11) is -3.95. The highest BCUT2D eigenvalue weighted by atomic mass is 35.5. The molecule has 0 saturated carbocycles. The molecule has 2 unspecified atom stereocenters. The number of sulfonamides is 1. The monoisotopic (exact) mass is 558 g/mol. The fraction of sp³-hybridized carbons (Fsp3) is 0.500. The molecule has 0 spiro atoms. The first kappa shape index (κ1) is 27.1. The van der Waals surface area contributed by atoms with Gasteiger partial charge in [-0.25, -0.2) is 8.42 Å². The Bertz CT molecular complexity index is 1280. The van der Waals surface area contributed by atoms with Gasteiger partial charge in [0.15, 0.2) is 0 Å². The summed E-state index contributed by atoms with van der Waals surface area (Å²) < 4.78 is 29.1. The number of halogens is 1. The Morgan fingerprint density at radius 3 is 2.39 bits per heavy atom. The Balaban J connectivity index is 1.23. The van der Waals surface area contributed by atoms with Crippen LogP contribution in [0.3, 0.4) is 0 Å². The number of carbonyl (C=O) groups excluding carboxylic acids is 2. The van der Waals surface area contributed by atoms with E-state index in [0.717, 1.165) is 44.6 Å². The van der Waals surface area contributed by atoms with Gasteiger partial charge in [0, 0.05) is 30.7 Å². The molecule has 5 rings (SSSR count). The number of benzene rings is 2. The van der Waals surface area contributed by atoms with Crippen molar-refractivity contribution in [1.29, 1.82) is 0 Å². The number of hydrogen-bond donors (Lipinski definition) is 1. The van der Waals surface area contributed by atoms with Crippen molar-refractivity contribution in [3.63, 3.8) is 0 Å². The van der Waals surface area contributed by atoms with Gasteiger partial charge in [0.2, 0.25) is 21.8 Å². The SMILES string of the molecule is O=C1C(NS(=O)(=O)c2cccc(-c3cccc(Cl)c3)c2)CCCN1CC(=O)N1CCCC1CN1CCCC1. The number of amides is 2. The first-order valence-electron chi connectivity index (χ1n) is 13.5. The average molecular weight is 559 g/mol. The smallest absolute Gasteiger partial charge is 0.242 e. The maximum absolute atomic E-state index is 13.3. The Kier molecular flexibility index (Phi) is 8.38. The summed E-state index contributed by atoms with van der Waals surface area (Å²) in [5, 5.41) is 0.563. The minimum Gasteiger partial charge on any atom is -0.337 e. The summed E-state index contributed by atoms with van der Waals surface area (Å²) in [6, 6.07) is 13.1. The number of nitrogens with one attached hydrogen (secondary N) is 1. The topological polar surface area (TPSA) is 90.0 Å². The molecule has 2 aromatic carbocycles. The van der Waals surface area contributed by atoms with E-state index in [1.807, 2.05) is 23.1 Å². The molecule has 3 saturated heterocycles. The van der Waals surface area contributed by atoms with Crippen molar-refractivity contribution >= 4 is 33.4 Å². The zero-order chi connectivity index (χ0) is 26.7. The fourth-order valence-corrected chi connectivity index (χ4v) is 7.30. The molecular weight excluding hydrogens is 524 g/mol. The van der Waals surface area contributed by atoms with E-state index in [2.05, 4.69) is 9.62 Å². The van der Waals surface area contributed by atoms with Gasteiger partial charge in [0.05, 0.1) is 11.4 Å². The van der Waals surface area contributed by atoms with Gasteiger partial charge in [-0.2, -0.15) is 4.72 Å². The summed E-state index contributed by atoms with van der Waals surface area (Å²) in [6.07, 6.45) is 5.43. The van der Waals surface area contributed by atoms with Gasteiger partial charge in [-0.15, -0.1) is 0 Å². The lowest BCUT2D eigenvalue weighted by Gasteiger charge is -2.34. The molecule has 2 amide bonds. The number of carbonyl (C=O) groups is 2. The first-order valence-corrected chi connectivity index (χ1v) is 15.4. The number of piperidine rings is 1. The van der Waals surface area contributed by atoms with Crippen LogP contribution in [0.15, 0.2) is 53.4 Å². The lowest BCUT2D eigenvalue weighted by molar-refractivity contribution is -0.143. The van der Waals surface area contributed by atoms with Crippen LogP contribution in [-0.4, -0.2) is 86.3 Å². The second-order valence-electron chi connectivity index (χ2n) is 10.5. The van der Waals surface area contributed by atoms with E-state index in [1.54, 1.807) is 24.3 Å². The second-order valence-corrected chi connectivity index (χ2v) is 12.7. The molecule has 3 fully saturated rings. The van der Waals surface area contributed by atoms with Crippen molar-refractivity contribution in [3.8, 4) is 11.1 Å². The van der Waals surface area contributed by atoms with Crippen LogP contribution in [-0.2, 0) is 19.6 Å². The van der Waals surface area contributed by atoms with Crippen molar-refractivity contribution in [1.82, 2.24) is 19.4 Å². The number of hydrogen-bond acceptors (Lipinski definition) is 5. The molecule has 0 bridgehead atoms. The highest BCUT2D eigenvalue weighted by Crippen LogP contribution is 2.26. The Labute approximate surface area is 230 Å². The molecule has 0 aromatic heterocycles. The number of rotatable bonds is 8. The van der Waals surface area contributed by atoms with Gasteiger partial charge >= 0.3 is 0 Å². The van der Waals surface area contributed by atoms with Crippen LogP contribution in [0.1, 0.15) is 38.5 Å². The Hall–Kier alpha value is -2.46. The molecule has 1 N–H and O–H groups in total. The largest absolute Gasteiger partial charge is 0.337 e. The van der Waals surface area contributed by atoms with Crippen LogP contribution in [0, 0.1) is 0 Å². The Morgan fingerprint density at radius 1 is 0.921 bits per heavy atom. The normalized spacial score (nSPS) is 22.8. The van der Waals surface area contributed by atoms with Crippen molar-refractivity contribution < 1.29 is 18.0 Å². The van der Waals surface area contributed by atoms with Crippen molar-refractivity contribution in [2.75, 3.05) is 39.3 Å². The summed E-state index contributed by atoms with van der Waals surface area (Å²) in [5.74, 6) is -0.382. The molecule has 8 nitrogen and oxygen atoms in total. The molecule has 2 aromatic rings. The highest BCUT2D eigenvalue weighted by Gasteiger charge is 2.36. The zero-order valence-corrected chi connectivity index (χ0v) is 23.1. The third-order valence-electron chi connectivity index (χ3n) is 7.82. The van der Waals surface area contributed by atoms with E-state index in [9.17, 15) is 18.0 Å². The van der Waals surface area contributed by atoms with Crippen molar-refractivity contribution in [3.05, 3.63) is 53.6 Å². The van der Waals surface area contributed by atoms with Crippen molar-refractivity contribution in [2.24, 2.45) is 0 Å². The summed E-state index contributed by atoms with van der Waals surface area (Å²) in [4.78, 5) is 32.5. The molecule has 2 atom stereocenters. The third kappa shape index (κ3) is 6.22. The molecule has 3 aliphatic rings. The molecule has 0 aliphatic carbocycles. The fourth-order valence-electron chi connectivity index (χ4n) is 5.84. The minimum absolute atomic E-state index is 0.00217. The first-order chi connectivity index (χ1) is 18.3. The van der Waals surface area contributed by atoms with Crippen LogP contribution in [0.4, 0.5) is 0 Å². The van der Waals surface area contributed by atoms with E-state index in [4.69, 9.17) is 11.6 Å². The van der Waals surface area contributed by atoms with Gasteiger partial charge in [-0.05, 0) is 87.0 Å². The highest BCUT2D eigenvalue weighted by molar-refractivity contribution is 7.89. The summed E-state index contributed by atoms with van der Waals surface area (Å²) in [6.45, 7) is 4.25. The molecular formula is C28H35ClN4O4S. The Morgan fingerprint density at radius 2 is 1.63 bits per heavy atom. The van der Waals surface area contributed by atoms with Gasteiger partial charge < -0.3 is 14.7 Å². The lowest BCUT2D eigenvalue weighted by atomic mass is 10.1. The third-order valence-corrected chi connectivity index (χ3v) is 9.53. The van der Waals surface area contributed by atoms with Gasteiger partial charge in [-0.3, -0.25) is 9.59 Å². The maximum Gasteiger partial charge on any atom is 0.242 e. The average Bonchev–Trinajstić information content (AvgIpc) is 3.59. The quantitative estimate of drug-likeness (QED) is 0.536. The van der Waals surface area contributed by atoms with Crippen LogP contribution in [0.2, 0.25) is 5.02 Å². The predicted octanol–water partition coefficient (Wildman–Crippen LogP) is 3.36. The number of nitrogens with zero attached hydrogens (tertiary/aromatic N) is 3. The molecule has 38 heavy (non-hydrogen) atoms. The molecule has 3 heterocycles.